The van der Waals surface area contributed by atoms with Gasteiger partial charge in [-0.05, 0) is 17.7 Å². The predicted molar refractivity (Wildman–Crippen MR) is 62.7 cm³/mol. The fraction of sp³-hybridized carbons (Fsp3) is 0.200. The highest BCUT2D eigenvalue weighted by atomic mass is 79.9. The Bertz CT molecular complexity index is 458. The van der Waals surface area contributed by atoms with Gasteiger partial charge in [0.05, 0.1) is 0 Å². The Morgan fingerprint density at radius 1 is 1.40 bits per heavy atom. The minimum Gasteiger partial charge on any atom is -0.416 e. The van der Waals surface area contributed by atoms with Crippen LogP contribution in [-0.4, -0.2) is 10.2 Å². The molecule has 1 aromatic carbocycles. The Morgan fingerprint density at radius 2 is 2.27 bits per heavy atom. The summed E-state index contributed by atoms with van der Waals surface area (Å²) in [7, 11) is 0. The lowest BCUT2D eigenvalue weighted by atomic mass is 10.2. The number of thioether (sulfide) groups is 1. The minimum absolute atomic E-state index is 0.603. The van der Waals surface area contributed by atoms with Gasteiger partial charge in [0.15, 0.2) is 0 Å². The maximum Gasteiger partial charge on any atom is 0.276 e. The molecule has 0 saturated carbocycles. The SMILES string of the molecule is Cc1nnc(SCc2cccc(Br)c2)o1. The molecule has 2 rings (SSSR count). The van der Waals surface area contributed by atoms with Crippen LogP contribution in [0.25, 0.3) is 0 Å². The molecule has 3 nitrogen and oxygen atoms in total. The van der Waals surface area contributed by atoms with Crippen LogP contribution < -0.4 is 0 Å². The number of aryl methyl sites for hydroxylation is 1. The zero-order valence-corrected chi connectivity index (χ0v) is 10.5. The zero-order valence-electron chi connectivity index (χ0n) is 8.11. The molecule has 1 aromatic heterocycles. The summed E-state index contributed by atoms with van der Waals surface area (Å²) in [5.74, 6) is 1.44. The average molecular weight is 285 g/mol. The van der Waals surface area contributed by atoms with Crippen molar-refractivity contribution in [2.24, 2.45) is 0 Å². The summed E-state index contributed by atoms with van der Waals surface area (Å²) in [5, 5.41) is 8.31. The molecule has 0 spiro atoms. The van der Waals surface area contributed by atoms with Gasteiger partial charge in [-0.15, -0.1) is 10.2 Å². The standard InChI is InChI=1S/C10H9BrN2OS/c1-7-12-13-10(14-7)15-6-8-3-2-4-9(11)5-8/h2-5H,6H2,1H3. The second-order valence-electron chi connectivity index (χ2n) is 3.01. The van der Waals surface area contributed by atoms with Crippen LogP contribution in [0.2, 0.25) is 0 Å². The van der Waals surface area contributed by atoms with Crippen LogP contribution in [0.3, 0.4) is 0 Å². The third kappa shape index (κ3) is 3.07. The molecule has 0 aliphatic carbocycles. The topological polar surface area (TPSA) is 38.9 Å². The molecule has 0 atom stereocenters. The average Bonchev–Trinajstić information content (AvgIpc) is 2.62. The van der Waals surface area contributed by atoms with Crippen LogP contribution in [0.1, 0.15) is 11.5 Å². The number of hydrogen-bond donors (Lipinski definition) is 0. The molecule has 15 heavy (non-hydrogen) atoms. The molecule has 0 fully saturated rings. The minimum atomic E-state index is 0.603. The van der Waals surface area contributed by atoms with E-state index in [-0.39, 0.29) is 0 Å². The summed E-state index contributed by atoms with van der Waals surface area (Å²) in [5.41, 5.74) is 1.23. The zero-order chi connectivity index (χ0) is 10.7. The normalized spacial score (nSPS) is 10.5. The van der Waals surface area contributed by atoms with E-state index in [4.69, 9.17) is 4.42 Å². The molecule has 78 valence electrons. The fourth-order valence-corrected chi connectivity index (χ4v) is 2.30. The molecule has 2 aromatic rings. The van der Waals surface area contributed by atoms with E-state index in [2.05, 4.69) is 38.3 Å². The van der Waals surface area contributed by atoms with Crippen molar-refractivity contribution in [3.8, 4) is 0 Å². The van der Waals surface area contributed by atoms with Crippen LogP contribution in [0.5, 0.6) is 0 Å². The molecule has 0 saturated heterocycles. The Morgan fingerprint density at radius 3 is 2.93 bits per heavy atom. The van der Waals surface area contributed by atoms with E-state index < -0.39 is 0 Å². The van der Waals surface area contributed by atoms with Crippen LogP contribution in [-0.2, 0) is 5.75 Å². The van der Waals surface area contributed by atoms with E-state index in [1.165, 1.54) is 5.56 Å². The van der Waals surface area contributed by atoms with Crippen molar-refractivity contribution in [3.63, 3.8) is 0 Å². The van der Waals surface area contributed by atoms with Gasteiger partial charge in [0, 0.05) is 17.1 Å². The molecule has 0 bridgehead atoms. The van der Waals surface area contributed by atoms with Crippen molar-refractivity contribution in [2.75, 3.05) is 0 Å². The van der Waals surface area contributed by atoms with Gasteiger partial charge in [-0.2, -0.15) is 0 Å². The van der Waals surface area contributed by atoms with Gasteiger partial charge < -0.3 is 4.42 Å². The van der Waals surface area contributed by atoms with Crippen molar-refractivity contribution in [2.45, 2.75) is 17.9 Å². The fourth-order valence-electron chi connectivity index (χ4n) is 1.11. The highest BCUT2D eigenvalue weighted by Crippen LogP contribution is 2.22. The van der Waals surface area contributed by atoms with E-state index >= 15 is 0 Å². The molecule has 0 radical (unpaired) electrons. The summed E-state index contributed by atoms with van der Waals surface area (Å²) in [6.45, 7) is 1.79. The van der Waals surface area contributed by atoms with E-state index in [1.807, 2.05) is 12.1 Å². The van der Waals surface area contributed by atoms with Crippen molar-refractivity contribution in [3.05, 3.63) is 40.2 Å². The highest BCUT2D eigenvalue weighted by Gasteiger charge is 2.03. The quantitative estimate of drug-likeness (QED) is 0.810. The van der Waals surface area contributed by atoms with Gasteiger partial charge >= 0.3 is 0 Å². The number of aromatic nitrogens is 2. The van der Waals surface area contributed by atoms with E-state index in [0.717, 1.165) is 10.2 Å². The Labute approximate surface area is 100 Å². The number of benzene rings is 1. The van der Waals surface area contributed by atoms with Gasteiger partial charge in [0.25, 0.3) is 5.22 Å². The number of halogens is 1. The van der Waals surface area contributed by atoms with Crippen molar-refractivity contribution in [1.29, 1.82) is 0 Å². The highest BCUT2D eigenvalue weighted by molar-refractivity contribution is 9.10. The second-order valence-corrected chi connectivity index (χ2v) is 4.85. The molecular weight excluding hydrogens is 276 g/mol. The molecular formula is C10H9BrN2OS. The number of nitrogens with zero attached hydrogens (tertiary/aromatic N) is 2. The lowest BCUT2D eigenvalue weighted by molar-refractivity contribution is 0.429. The molecule has 0 aliphatic heterocycles. The van der Waals surface area contributed by atoms with Gasteiger partial charge in [0.1, 0.15) is 0 Å². The van der Waals surface area contributed by atoms with Gasteiger partial charge in [-0.1, -0.05) is 39.8 Å². The third-order valence-corrected chi connectivity index (χ3v) is 3.14. The Kier molecular flexibility index (Phi) is 3.43. The summed E-state index contributed by atoms with van der Waals surface area (Å²) in [6.07, 6.45) is 0. The number of rotatable bonds is 3. The predicted octanol–water partition coefficient (Wildman–Crippen LogP) is 3.43. The lowest BCUT2D eigenvalue weighted by Crippen LogP contribution is -1.80. The molecule has 0 N–H and O–H groups in total. The van der Waals surface area contributed by atoms with E-state index in [0.29, 0.717) is 11.1 Å². The van der Waals surface area contributed by atoms with Gasteiger partial charge in [-0.3, -0.25) is 0 Å². The summed E-state index contributed by atoms with van der Waals surface area (Å²) < 4.78 is 6.35. The summed E-state index contributed by atoms with van der Waals surface area (Å²) in [4.78, 5) is 0. The summed E-state index contributed by atoms with van der Waals surface area (Å²) in [6, 6.07) is 8.17. The molecule has 0 amide bonds. The van der Waals surface area contributed by atoms with Crippen LogP contribution in [0, 0.1) is 6.92 Å². The van der Waals surface area contributed by atoms with Crippen LogP contribution >= 0.6 is 27.7 Å². The smallest absolute Gasteiger partial charge is 0.276 e. The van der Waals surface area contributed by atoms with Crippen LogP contribution in [0.4, 0.5) is 0 Å². The molecule has 5 heteroatoms. The first kappa shape index (κ1) is 10.7. The van der Waals surface area contributed by atoms with E-state index in [1.54, 1.807) is 18.7 Å². The first-order chi connectivity index (χ1) is 7.24. The largest absolute Gasteiger partial charge is 0.416 e. The Balaban J connectivity index is 1.99. The first-order valence-corrected chi connectivity index (χ1v) is 6.19. The molecule has 0 unspecified atom stereocenters. The van der Waals surface area contributed by atoms with Gasteiger partial charge in [-0.25, -0.2) is 0 Å². The summed E-state index contributed by atoms with van der Waals surface area (Å²) >= 11 is 4.97. The molecule has 1 heterocycles. The van der Waals surface area contributed by atoms with Gasteiger partial charge in [0.2, 0.25) is 5.89 Å². The van der Waals surface area contributed by atoms with Crippen LogP contribution in [0.15, 0.2) is 38.4 Å². The second kappa shape index (κ2) is 4.81. The third-order valence-electron chi connectivity index (χ3n) is 1.76. The van der Waals surface area contributed by atoms with E-state index in [9.17, 15) is 0 Å². The maximum atomic E-state index is 5.26. The first-order valence-electron chi connectivity index (χ1n) is 4.41. The maximum absolute atomic E-state index is 5.26. The number of hydrogen-bond acceptors (Lipinski definition) is 4. The molecule has 0 aliphatic rings. The van der Waals surface area contributed by atoms with Crippen molar-refractivity contribution in [1.82, 2.24) is 10.2 Å². The Hall–Kier alpha value is -0.810. The lowest BCUT2D eigenvalue weighted by Gasteiger charge is -1.98. The van der Waals surface area contributed by atoms with Crippen molar-refractivity contribution >= 4 is 27.7 Å². The monoisotopic (exact) mass is 284 g/mol. The van der Waals surface area contributed by atoms with Crippen molar-refractivity contribution < 1.29 is 4.42 Å².